The summed E-state index contributed by atoms with van der Waals surface area (Å²) in [6.07, 6.45) is 1.19. The van der Waals surface area contributed by atoms with Gasteiger partial charge in [-0.3, -0.25) is 0 Å². The Hall–Kier alpha value is -0.180. The van der Waals surface area contributed by atoms with Crippen molar-refractivity contribution in [2.75, 3.05) is 6.54 Å². The Morgan fingerprint density at radius 1 is 1.53 bits per heavy atom. The van der Waals surface area contributed by atoms with Crippen LogP contribution in [-0.2, 0) is 0 Å². The maximum atomic E-state index is 6.04. The van der Waals surface area contributed by atoms with Crippen molar-refractivity contribution in [3.8, 4) is 0 Å². The smallest absolute Gasteiger partial charge is 0.0410 e. The van der Waals surface area contributed by atoms with E-state index in [1.54, 1.807) is 0 Å². The van der Waals surface area contributed by atoms with Crippen LogP contribution < -0.4 is 5.32 Å². The van der Waals surface area contributed by atoms with E-state index in [4.69, 9.17) is 11.6 Å². The number of benzene rings is 1. The Morgan fingerprint density at radius 2 is 2.33 bits per heavy atom. The minimum atomic E-state index is 0.472. The van der Waals surface area contributed by atoms with Gasteiger partial charge >= 0.3 is 0 Å². The normalized spacial score (nSPS) is 25.0. The van der Waals surface area contributed by atoms with Gasteiger partial charge in [0.1, 0.15) is 0 Å². The second-order valence-electron chi connectivity index (χ2n) is 3.96. The minimum absolute atomic E-state index is 0.472. The molecule has 2 atom stereocenters. The van der Waals surface area contributed by atoms with Gasteiger partial charge in [-0.2, -0.15) is 0 Å². The number of halogens is 1. The van der Waals surface area contributed by atoms with Crippen molar-refractivity contribution >= 4 is 23.4 Å². The third kappa shape index (κ3) is 2.49. The van der Waals surface area contributed by atoms with Gasteiger partial charge in [0.05, 0.1) is 0 Å². The highest BCUT2D eigenvalue weighted by Crippen LogP contribution is 2.41. The molecule has 0 aromatic heterocycles. The summed E-state index contributed by atoms with van der Waals surface area (Å²) in [4.78, 5) is 1.38. The maximum absolute atomic E-state index is 6.04. The third-order valence-electron chi connectivity index (χ3n) is 2.69. The van der Waals surface area contributed by atoms with Crippen molar-refractivity contribution in [3.63, 3.8) is 0 Å². The molecule has 0 bridgehead atoms. The zero-order chi connectivity index (χ0) is 10.8. The van der Waals surface area contributed by atoms with Crippen molar-refractivity contribution in [2.24, 2.45) is 0 Å². The molecule has 0 saturated heterocycles. The molecule has 0 saturated carbocycles. The Bertz CT molecular complexity index is 353. The number of thioether (sulfide) groups is 1. The number of fused-ring (bicyclic) bond motifs is 1. The summed E-state index contributed by atoms with van der Waals surface area (Å²) in [5, 5.41) is 5.05. The van der Waals surface area contributed by atoms with E-state index in [0.29, 0.717) is 11.3 Å². The molecule has 1 aliphatic heterocycles. The molecule has 3 heteroatoms. The number of hydrogen-bond acceptors (Lipinski definition) is 2. The van der Waals surface area contributed by atoms with E-state index in [-0.39, 0.29) is 0 Å². The summed E-state index contributed by atoms with van der Waals surface area (Å²) >= 11 is 7.99. The standard InChI is InChI=1S/C12H16ClNS/c1-3-14-11-6-8(2)15-12-5-4-9(13)7-10(11)12/h4-5,7-8,11,14H,3,6H2,1-2H3. The first-order valence-corrected chi connectivity index (χ1v) is 6.66. The summed E-state index contributed by atoms with van der Waals surface area (Å²) in [6, 6.07) is 6.69. The van der Waals surface area contributed by atoms with Gasteiger partial charge in [0, 0.05) is 21.2 Å². The fraction of sp³-hybridized carbons (Fsp3) is 0.500. The fourth-order valence-corrected chi connectivity index (χ4v) is 3.45. The molecule has 0 aliphatic carbocycles. The minimum Gasteiger partial charge on any atom is -0.310 e. The third-order valence-corrected chi connectivity index (χ3v) is 4.15. The highest BCUT2D eigenvalue weighted by Gasteiger charge is 2.24. The van der Waals surface area contributed by atoms with Gasteiger partial charge in [-0.05, 0) is 36.7 Å². The molecule has 2 unspecified atom stereocenters. The number of nitrogens with one attached hydrogen (secondary N) is 1. The zero-order valence-electron chi connectivity index (χ0n) is 9.09. The van der Waals surface area contributed by atoms with Gasteiger partial charge in [-0.15, -0.1) is 11.8 Å². The van der Waals surface area contributed by atoms with Gasteiger partial charge in [-0.1, -0.05) is 25.4 Å². The highest BCUT2D eigenvalue weighted by atomic mass is 35.5. The maximum Gasteiger partial charge on any atom is 0.0410 e. The topological polar surface area (TPSA) is 12.0 Å². The van der Waals surface area contributed by atoms with Crippen LogP contribution in [0.2, 0.25) is 5.02 Å². The molecule has 1 N–H and O–H groups in total. The second kappa shape index (κ2) is 4.77. The highest BCUT2D eigenvalue weighted by molar-refractivity contribution is 8.00. The molecule has 1 nitrogen and oxygen atoms in total. The van der Waals surface area contributed by atoms with Gasteiger partial charge in [0.15, 0.2) is 0 Å². The van der Waals surface area contributed by atoms with Crippen LogP contribution in [0, 0.1) is 0 Å². The first-order chi connectivity index (χ1) is 7.20. The van der Waals surface area contributed by atoms with Crippen LogP contribution in [0.3, 0.4) is 0 Å². The Kier molecular flexibility index (Phi) is 3.60. The van der Waals surface area contributed by atoms with Crippen molar-refractivity contribution in [1.82, 2.24) is 5.32 Å². The molecule has 2 rings (SSSR count). The molecule has 1 heterocycles. The van der Waals surface area contributed by atoms with Crippen LogP contribution >= 0.6 is 23.4 Å². The van der Waals surface area contributed by atoms with Crippen molar-refractivity contribution in [2.45, 2.75) is 36.5 Å². The molecule has 82 valence electrons. The molecular weight excluding hydrogens is 226 g/mol. The molecule has 0 radical (unpaired) electrons. The van der Waals surface area contributed by atoms with Crippen molar-refractivity contribution in [3.05, 3.63) is 28.8 Å². The molecule has 15 heavy (non-hydrogen) atoms. The average molecular weight is 242 g/mol. The van der Waals surface area contributed by atoms with Crippen LogP contribution in [0.1, 0.15) is 31.9 Å². The van der Waals surface area contributed by atoms with Gasteiger partial charge in [0.2, 0.25) is 0 Å². The Balaban J connectivity index is 2.34. The molecule has 1 aliphatic rings. The largest absolute Gasteiger partial charge is 0.310 e. The van der Waals surface area contributed by atoms with Crippen LogP contribution in [0.25, 0.3) is 0 Å². The first kappa shape index (κ1) is 11.3. The van der Waals surface area contributed by atoms with E-state index in [1.165, 1.54) is 16.9 Å². The monoisotopic (exact) mass is 241 g/mol. The number of hydrogen-bond donors (Lipinski definition) is 1. The van der Waals surface area contributed by atoms with E-state index in [9.17, 15) is 0 Å². The lowest BCUT2D eigenvalue weighted by molar-refractivity contribution is 0.500. The van der Waals surface area contributed by atoms with Gasteiger partial charge in [0.25, 0.3) is 0 Å². The van der Waals surface area contributed by atoms with Crippen LogP contribution in [-0.4, -0.2) is 11.8 Å². The van der Waals surface area contributed by atoms with Crippen molar-refractivity contribution in [1.29, 1.82) is 0 Å². The summed E-state index contributed by atoms with van der Waals surface area (Å²) in [6.45, 7) is 5.44. The van der Waals surface area contributed by atoms with E-state index in [0.717, 1.165) is 11.6 Å². The molecule has 1 aromatic rings. The lowest BCUT2D eigenvalue weighted by Gasteiger charge is -2.29. The molecule has 0 fully saturated rings. The van der Waals surface area contributed by atoms with E-state index < -0.39 is 0 Å². The van der Waals surface area contributed by atoms with Crippen molar-refractivity contribution < 1.29 is 0 Å². The van der Waals surface area contributed by atoms with Crippen LogP contribution in [0.5, 0.6) is 0 Å². The van der Waals surface area contributed by atoms with Gasteiger partial charge in [-0.25, -0.2) is 0 Å². The summed E-state index contributed by atoms with van der Waals surface area (Å²) in [7, 11) is 0. The average Bonchev–Trinajstić information content (AvgIpc) is 2.19. The molecule has 1 aromatic carbocycles. The van der Waals surface area contributed by atoms with E-state index in [2.05, 4.69) is 31.3 Å². The Morgan fingerprint density at radius 3 is 3.07 bits per heavy atom. The lowest BCUT2D eigenvalue weighted by Crippen LogP contribution is -2.26. The Labute approximate surface area is 101 Å². The van der Waals surface area contributed by atoms with Crippen LogP contribution in [0.4, 0.5) is 0 Å². The summed E-state index contributed by atoms with van der Waals surface area (Å²) in [5.41, 5.74) is 1.37. The van der Waals surface area contributed by atoms with E-state index >= 15 is 0 Å². The zero-order valence-corrected chi connectivity index (χ0v) is 10.7. The lowest BCUT2D eigenvalue weighted by atomic mass is 10.0. The fourth-order valence-electron chi connectivity index (χ4n) is 2.06. The molecule has 0 amide bonds. The number of rotatable bonds is 2. The molecule has 0 spiro atoms. The van der Waals surface area contributed by atoms with E-state index in [1.807, 2.05) is 17.8 Å². The van der Waals surface area contributed by atoms with Gasteiger partial charge < -0.3 is 5.32 Å². The van der Waals surface area contributed by atoms with Crippen LogP contribution in [0.15, 0.2) is 23.1 Å². The molecular formula is C12H16ClNS. The summed E-state index contributed by atoms with van der Waals surface area (Å²) < 4.78 is 0. The predicted molar refractivity (Wildman–Crippen MR) is 67.8 cm³/mol. The quantitative estimate of drug-likeness (QED) is 0.844. The predicted octanol–water partition coefficient (Wildman–Crippen LogP) is 3.87. The summed E-state index contributed by atoms with van der Waals surface area (Å²) in [5.74, 6) is 0. The second-order valence-corrected chi connectivity index (χ2v) is 5.87. The first-order valence-electron chi connectivity index (χ1n) is 5.40. The SMILES string of the molecule is CCNC1CC(C)Sc2ccc(Cl)cc21.